The Hall–Kier alpha value is -0.350. The molecular weight excluding hydrogens is 286 g/mol. The first-order valence-electron chi connectivity index (χ1n) is 5.77. The fraction of sp³-hybridized carbons (Fsp3) is 0.583. The monoisotopic (exact) mass is 301 g/mol. The Balaban J connectivity index is 2.01. The van der Waals surface area contributed by atoms with Crippen molar-refractivity contribution in [2.45, 2.75) is 38.6 Å². The third-order valence-electron chi connectivity index (χ3n) is 2.95. The molecule has 1 amide bonds. The highest BCUT2D eigenvalue weighted by Crippen LogP contribution is 2.25. The van der Waals surface area contributed by atoms with Crippen LogP contribution in [0.5, 0.6) is 0 Å². The predicted octanol–water partition coefficient (Wildman–Crippen LogP) is 3.80. The predicted molar refractivity (Wildman–Crippen MR) is 70.5 cm³/mol. The highest BCUT2D eigenvalue weighted by molar-refractivity contribution is 9.10. The molecule has 0 N–H and O–H groups in total. The van der Waals surface area contributed by atoms with E-state index in [9.17, 15) is 4.79 Å². The molecule has 88 valence electrons. The minimum atomic E-state index is 0.319. The molecule has 0 unspecified atom stereocenters. The fourth-order valence-corrected chi connectivity index (χ4v) is 3.49. The molecule has 2 rings (SSSR count). The zero-order valence-corrected chi connectivity index (χ0v) is 11.6. The molecule has 2 nitrogen and oxygen atoms in total. The van der Waals surface area contributed by atoms with Crippen LogP contribution in [0.4, 0.5) is 0 Å². The normalized spacial score (nSPS) is 18.3. The summed E-state index contributed by atoms with van der Waals surface area (Å²) in [6.07, 6.45) is 5.40. The second kappa shape index (κ2) is 5.82. The lowest BCUT2D eigenvalue weighted by molar-refractivity contribution is -0.132. The summed E-state index contributed by atoms with van der Waals surface area (Å²) in [4.78, 5) is 15.2. The number of halogens is 1. The SMILES string of the molecule is O=C1CCCCCCN1Cc1sccc1Br. The van der Waals surface area contributed by atoms with Crippen molar-refractivity contribution in [3.8, 4) is 0 Å². The molecule has 0 bridgehead atoms. The molecule has 2 heterocycles. The largest absolute Gasteiger partial charge is 0.338 e. The van der Waals surface area contributed by atoms with E-state index >= 15 is 0 Å². The van der Waals surface area contributed by atoms with Crippen LogP contribution in [0.2, 0.25) is 0 Å². The first kappa shape index (κ1) is 12.1. The number of hydrogen-bond acceptors (Lipinski definition) is 2. The summed E-state index contributed by atoms with van der Waals surface area (Å²) < 4.78 is 1.13. The van der Waals surface area contributed by atoms with Gasteiger partial charge in [-0.15, -0.1) is 11.3 Å². The van der Waals surface area contributed by atoms with E-state index in [1.54, 1.807) is 11.3 Å². The van der Waals surface area contributed by atoms with E-state index in [0.717, 1.165) is 36.8 Å². The van der Waals surface area contributed by atoms with Crippen LogP contribution in [0.1, 0.15) is 37.0 Å². The van der Waals surface area contributed by atoms with Gasteiger partial charge < -0.3 is 4.90 Å². The fourth-order valence-electron chi connectivity index (χ4n) is 1.99. The van der Waals surface area contributed by atoms with Crippen molar-refractivity contribution >= 4 is 33.2 Å². The van der Waals surface area contributed by atoms with E-state index in [-0.39, 0.29) is 0 Å². The molecule has 1 aromatic heterocycles. The van der Waals surface area contributed by atoms with Gasteiger partial charge in [-0.2, -0.15) is 0 Å². The zero-order valence-electron chi connectivity index (χ0n) is 9.25. The van der Waals surface area contributed by atoms with Gasteiger partial charge in [0.15, 0.2) is 0 Å². The van der Waals surface area contributed by atoms with E-state index < -0.39 is 0 Å². The van der Waals surface area contributed by atoms with Gasteiger partial charge in [-0.05, 0) is 40.2 Å². The van der Waals surface area contributed by atoms with E-state index in [1.165, 1.54) is 17.7 Å². The van der Waals surface area contributed by atoms with Gasteiger partial charge in [-0.3, -0.25) is 4.79 Å². The van der Waals surface area contributed by atoms with Gasteiger partial charge in [-0.25, -0.2) is 0 Å². The van der Waals surface area contributed by atoms with Crippen LogP contribution in [0.25, 0.3) is 0 Å². The maximum Gasteiger partial charge on any atom is 0.222 e. The van der Waals surface area contributed by atoms with Crippen LogP contribution >= 0.6 is 27.3 Å². The van der Waals surface area contributed by atoms with Crippen molar-refractivity contribution in [2.24, 2.45) is 0 Å². The molecule has 0 spiro atoms. The maximum absolute atomic E-state index is 11.9. The van der Waals surface area contributed by atoms with Gasteiger partial charge in [0.1, 0.15) is 0 Å². The smallest absolute Gasteiger partial charge is 0.222 e. The molecule has 1 saturated heterocycles. The van der Waals surface area contributed by atoms with E-state index in [4.69, 9.17) is 0 Å². The molecule has 1 aliphatic rings. The average Bonchev–Trinajstić information content (AvgIpc) is 2.64. The van der Waals surface area contributed by atoms with Crippen LogP contribution in [-0.4, -0.2) is 17.4 Å². The second-order valence-electron chi connectivity index (χ2n) is 4.17. The zero-order chi connectivity index (χ0) is 11.4. The van der Waals surface area contributed by atoms with Crippen molar-refractivity contribution in [2.75, 3.05) is 6.54 Å². The number of carbonyl (C=O) groups is 1. The summed E-state index contributed by atoms with van der Waals surface area (Å²) in [5.41, 5.74) is 0. The van der Waals surface area contributed by atoms with Crippen molar-refractivity contribution in [3.05, 3.63) is 20.8 Å². The first-order chi connectivity index (χ1) is 7.77. The molecular formula is C12H16BrNOS. The molecule has 0 atom stereocenters. The van der Waals surface area contributed by atoms with Crippen molar-refractivity contribution in [1.29, 1.82) is 0 Å². The van der Waals surface area contributed by atoms with Gasteiger partial charge in [0.05, 0.1) is 6.54 Å². The molecule has 4 heteroatoms. The molecule has 0 saturated carbocycles. The van der Waals surface area contributed by atoms with E-state index in [0.29, 0.717) is 5.91 Å². The lowest BCUT2D eigenvalue weighted by atomic mass is 10.1. The van der Waals surface area contributed by atoms with Crippen molar-refractivity contribution < 1.29 is 4.79 Å². The van der Waals surface area contributed by atoms with Gasteiger partial charge in [0.2, 0.25) is 5.91 Å². The molecule has 1 aromatic rings. The van der Waals surface area contributed by atoms with Crippen molar-refractivity contribution in [3.63, 3.8) is 0 Å². The average molecular weight is 302 g/mol. The highest BCUT2D eigenvalue weighted by Gasteiger charge is 2.17. The third-order valence-corrected chi connectivity index (χ3v) is 4.86. The van der Waals surface area contributed by atoms with Crippen molar-refractivity contribution in [1.82, 2.24) is 4.90 Å². The Morgan fingerprint density at radius 3 is 2.88 bits per heavy atom. The van der Waals surface area contributed by atoms with Crippen LogP contribution < -0.4 is 0 Å². The molecule has 16 heavy (non-hydrogen) atoms. The molecule has 1 aliphatic heterocycles. The third kappa shape index (κ3) is 3.08. The Labute approximate surface area is 109 Å². The van der Waals surface area contributed by atoms with Crippen LogP contribution in [0.3, 0.4) is 0 Å². The number of carbonyl (C=O) groups excluding carboxylic acids is 1. The summed E-state index contributed by atoms with van der Waals surface area (Å²) in [6, 6.07) is 2.05. The first-order valence-corrected chi connectivity index (χ1v) is 7.44. The summed E-state index contributed by atoms with van der Waals surface area (Å²) >= 11 is 5.24. The van der Waals surface area contributed by atoms with Gasteiger partial charge in [0.25, 0.3) is 0 Å². The molecule has 0 radical (unpaired) electrons. The maximum atomic E-state index is 11.9. The summed E-state index contributed by atoms with van der Waals surface area (Å²) in [5, 5.41) is 2.06. The Bertz CT molecular complexity index is 364. The quantitative estimate of drug-likeness (QED) is 0.813. The summed E-state index contributed by atoms with van der Waals surface area (Å²) in [6.45, 7) is 1.69. The van der Waals surface area contributed by atoms with Crippen LogP contribution in [-0.2, 0) is 11.3 Å². The Morgan fingerprint density at radius 2 is 2.12 bits per heavy atom. The minimum absolute atomic E-state index is 0.319. The highest BCUT2D eigenvalue weighted by atomic mass is 79.9. The summed E-state index contributed by atoms with van der Waals surface area (Å²) in [5.74, 6) is 0.319. The lowest BCUT2D eigenvalue weighted by Gasteiger charge is -2.24. The van der Waals surface area contributed by atoms with E-state index in [1.807, 2.05) is 4.90 Å². The lowest BCUT2D eigenvalue weighted by Crippen LogP contribution is -2.32. The topological polar surface area (TPSA) is 20.3 Å². The number of amides is 1. The molecule has 0 aliphatic carbocycles. The standard InChI is InChI=1S/C12H16BrNOS/c13-10-6-8-16-11(10)9-14-7-4-2-1-3-5-12(14)15/h6,8H,1-5,7,9H2. The van der Waals surface area contributed by atoms with Gasteiger partial charge in [-0.1, -0.05) is 12.8 Å². The van der Waals surface area contributed by atoms with Gasteiger partial charge in [0, 0.05) is 22.3 Å². The second-order valence-corrected chi connectivity index (χ2v) is 6.03. The van der Waals surface area contributed by atoms with Gasteiger partial charge >= 0.3 is 0 Å². The minimum Gasteiger partial charge on any atom is -0.338 e. The number of nitrogens with zero attached hydrogens (tertiary/aromatic N) is 1. The number of hydrogen-bond donors (Lipinski definition) is 0. The molecule has 0 aromatic carbocycles. The Morgan fingerprint density at radius 1 is 1.31 bits per heavy atom. The van der Waals surface area contributed by atoms with Crippen LogP contribution in [0.15, 0.2) is 15.9 Å². The number of thiophene rings is 1. The number of likely N-dealkylation sites (tertiary alicyclic amines) is 1. The summed E-state index contributed by atoms with van der Waals surface area (Å²) in [7, 11) is 0. The number of rotatable bonds is 2. The van der Waals surface area contributed by atoms with Crippen LogP contribution in [0, 0.1) is 0 Å². The van der Waals surface area contributed by atoms with E-state index in [2.05, 4.69) is 27.4 Å². The molecule has 1 fully saturated rings. The Kier molecular flexibility index (Phi) is 4.41.